The zero-order chi connectivity index (χ0) is 20.8. The van der Waals surface area contributed by atoms with Crippen LogP contribution in [0.3, 0.4) is 0 Å². The summed E-state index contributed by atoms with van der Waals surface area (Å²) in [7, 11) is 1.70. The molecule has 4 rings (SSSR count). The Labute approximate surface area is 180 Å². The van der Waals surface area contributed by atoms with Crippen LogP contribution < -0.4 is 4.74 Å². The van der Waals surface area contributed by atoms with Crippen LogP contribution >= 0.6 is 0 Å². The lowest BCUT2D eigenvalue weighted by molar-refractivity contribution is -0.133. The zero-order valence-corrected chi connectivity index (χ0v) is 18.1. The number of hydrogen-bond acceptors (Lipinski definition) is 4. The summed E-state index contributed by atoms with van der Waals surface area (Å²) in [6.07, 6.45) is 6.63. The quantitative estimate of drug-likeness (QED) is 0.729. The number of carbonyl (C=O) groups is 1. The van der Waals surface area contributed by atoms with Crippen LogP contribution in [0.4, 0.5) is 0 Å². The molecule has 1 aromatic heterocycles. The number of rotatable bonds is 6. The number of piperidine rings is 2. The average Bonchev–Trinajstić information content (AvgIpc) is 2.80. The molecule has 2 aliphatic heterocycles. The molecule has 1 atom stereocenters. The Hall–Kier alpha value is -2.40. The topological polar surface area (TPSA) is 45.7 Å². The molecule has 1 amide bonds. The van der Waals surface area contributed by atoms with E-state index in [4.69, 9.17) is 9.72 Å². The van der Waals surface area contributed by atoms with E-state index in [0.29, 0.717) is 18.4 Å². The number of carbonyl (C=O) groups excluding carboxylic acids is 1. The second-order valence-electron chi connectivity index (χ2n) is 8.60. The summed E-state index contributed by atoms with van der Waals surface area (Å²) in [6, 6.07) is 14.6. The van der Waals surface area contributed by atoms with Crippen LogP contribution in [-0.2, 0) is 11.2 Å². The normalized spacial score (nSPS) is 20.2. The van der Waals surface area contributed by atoms with Crippen LogP contribution in [0, 0.1) is 0 Å². The van der Waals surface area contributed by atoms with Gasteiger partial charge in [-0.3, -0.25) is 14.7 Å². The Morgan fingerprint density at radius 1 is 1.07 bits per heavy atom. The van der Waals surface area contributed by atoms with E-state index in [9.17, 15) is 4.79 Å². The molecule has 1 aromatic carbocycles. The fraction of sp³-hybridized carbons (Fsp3) is 0.520. The summed E-state index contributed by atoms with van der Waals surface area (Å²) in [5.74, 6) is 1.58. The number of methoxy groups -OCH3 is 1. The van der Waals surface area contributed by atoms with E-state index in [0.717, 1.165) is 75.4 Å². The van der Waals surface area contributed by atoms with E-state index < -0.39 is 0 Å². The van der Waals surface area contributed by atoms with E-state index >= 15 is 0 Å². The first kappa shape index (κ1) is 20.9. The fourth-order valence-corrected chi connectivity index (χ4v) is 4.69. The number of ether oxygens (including phenoxy) is 1. The van der Waals surface area contributed by atoms with Crippen molar-refractivity contribution in [1.29, 1.82) is 0 Å². The summed E-state index contributed by atoms with van der Waals surface area (Å²) >= 11 is 0. The van der Waals surface area contributed by atoms with Crippen molar-refractivity contribution in [2.24, 2.45) is 0 Å². The van der Waals surface area contributed by atoms with E-state index in [1.807, 2.05) is 12.1 Å². The summed E-state index contributed by atoms with van der Waals surface area (Å²) in [5, 5.41) is 0. The van der Waals surface area contributed by atoms with Crippen molar-refractivity contribution < 1.29 is 9.53 Å². The molecule has 3 heterocycles. The molecule has 0 aliphatic carbocycles. The highest BCUT2D eigenvalue weighted by Gasteiger charge is 2.26. The minimum absolute atomic E-state index is 0.301. The third kappa shape index (κ3) is 5.39. The molecule has 5 heteroatoms. The lowest BCUT2D eigenvalue weighted by atomic mass is 9.93. The molecule has 0 unspecified atom stereocenters. The smallest absolute Gasteiger partial charge is 0.236 e. The van der Waals surface area contributed by atoms with Gasteiger partial charge in [0.15, 0.2) is 0 Å². The molecular weight excluding hydrogens is 374 g/mol. The lowest BCUT2D eigenvalue weighted by Crippen LogP contribution is -2.45. The number of likely N-dealkylation sites (tertiary alicyclic amines) is 2. The Balaban J connectivity index is 1.38. The van der Waals surface area contributed by atoms with Gasteiger partial charge in [0.2, 0.25) is 5.91 Å². The largest absolute Gasteiger partial charge is 0.497 e. The van der Waals surface area contributed by atoms with Crippen LogP contribution in [-0.4, -0.2) is 60.5 Å². The molecule has 0 radical (unpaired) electrons. The molecule has 5 nitrogen and oxygen atoms in total. The minimum Gasteiger partial charge on any atom is -0.497 e. The first-order valence-electron chi connectivity index (χ1n) is 11.3. The van der Waals surface area contributed by atoms with Crippen molar-refractivity contribution in [3.63, 3.8) is 0 Å². The predicted molar refractivity (Wildman–Crippen MR) is 119 cm³/mol. The highest BCUT2D eigenvalue weighted by Crippen LogP contribution is 2.26. The average molecular weight is 408 g/mol. The van der Waals surface area contributed by atoms with Crippen LogP contribution in [0.2, 0.25) is 0 Å². The zero-order valence-electron chi connectivity index (χ0n) is 18.1. The highest BCUT2D eigenvalue weighted by atomic mass is 16.5. The Morgan fingerprint density at radius 2 is 1.90 bits per heavy atom. The molecule has 0 N–H and O–H groups in total. The summed E-state index contributed by atoms with van der Waals surface area (Å²) in [6.45, 7) is 4.36. The Kier molecular flexibility index (Phi) is 7.00. The molecule has 0 saturated carbocycles. The maximum atomic E-state index is 12.7. The molecule has 2 saturated heterocycles. The van der Waals surface area contributed by atoms with Gasteiger partial charge in [0.05, 0.1) is 13.7 Å². The summed E-state index contributed by atoms with van der Waals surface area (Å²) < 4.78 is 5.34. The molecular formula is C25H33N3O2. The molecule has 2 aromatic rings. The van der Waals surface area contributed by atoms with Gasteiger partial charge in [-0.25, -0.2) is 0 Å². The number of aromatic nitrogens is 1. The Bertz CT molecular complexity index is 848. The second kappa shape index (κ2) is 10.1. The molecule has 2 aliphatic rings. The predicted octanol–water partition coefficient (Wildman–Crippen LogP) is 3.87. The van der Waals surface area contributed by atoms with E-state index in [1.54, 1.807) is 7.11 Å². The van der Waals surface area contributed by atoms with Crippen molar-refractivity contribution in [1.82, 2.24) is 14.8 Å². The molecule has 160 valence electrons. The molecule has 2 fully saturated rings. The number of hydrogen-bond donors (Lipinski definition) is 0. The van der Waals surface area contributed by atoms with Crippen molar-refractivity contribution in [2.75, 3.05) is 39.8 Å². The van der Waals surface area contributed by atoms with Crippen LogP contribution in [0.15, 0.2) is 42.5 Å². The second-order valence-corrected chi connectivity index (χ2v) is 8.60. The Morgan fingerprint density at radius 3 is 2.73 bits per heavy atom. The molecule has 30 heavy (non-hydrogen) atoms. The molecule has 0 spiro atoms. The summed E-state index contributed by atoms with van der Waals surface area (Å²) in [4.78, 5) is 22.1. The van der Waals surface area contributed by atoms with Gasteiger partial charge in [-0.15, -0.1) is 0 Å². The van der Waals surface area contributed by atoms with Gasteiger partial charge in [-0.05, 0) is 68.5 Å². The van der Waals surface area contributed by atoms with Crippen LogP contribution in [0.25, 0.3) is 0 Å². The first-order valence-corrected chi connectivity index (χ1v) is 11.3. The van der Waals surface area contributed by atoms with Crippen LogP contribution in [0.5, 0.6) is 5.75 Å². The van der Waals surface area contributed by atoms with Crippen LogP contribution in [0.1, 0.15) is 55.0 Å². The number of benzene rings is 1. The van der Waals surface area contributed by atoms with Gasteiger partial charge in [-0.2, -0.15) is 0 Å². The van der Waals surface area contributed by atoms with Gasteiger partial charge in [0, 0.05) is 43.4 Å². The van der Waals surface area contributed by atoms with Crippen molar-refractivity contribution >= 4 is 5.91 Å². The third-order valence-corrected chi connectivity index (χ3v) is 6.34. The van der Waals surface area contributed by atoms with Gasteiger partial charge < -0.3 is 9.64 Å². The number of pyridine rings is 1. The maximum absolute atomic E-state index is 12.7. The lowest BCUT2D eigenvalue weighted by Gasteiger charge is -2.34. The standard InChI is InChI=1S/C25H33N3O2/c1-30-23-11-5-8-20(17-23)16-22-10-6-12-24(26-22)21-9-7-13-27(18-21)19-25(29)28-14-3-2-4-15-28/h5-6,8,10-12,17,21H,2-4,7,9,13-16,18-19H2,1H3/t21-/m1/s1. The van der Waals surface area contributed by atoms with Crippen molar-refractivity contribution in [2.45, 2.75) is 44.4 Å². The van der Waals surface area contributed by atoms with E-state index in [-0.39, 0.29) is 0 Å². The van der Waals surface area contributed by atoms with Crippen molar-refractivity contribution in [3.8, 4) is 5.75 Å². The van der Waals surface area contributed by atoms with E-state index in [2.05, 4.69) is 40.1 Å². The number of nitrogens with zero attached hydrogens (tertiary/aromatic N) is 3. The van der Waals surface area contributed by atoms with Gasteiger partial charge in [0.25, 0.3) is 0 Å². The minimum atomic E-state index is 0.301. The summed E-state index contributed by atoms with van der Waals surface area (Å²) in [5.41, 5.74) is 3.45. The molecule has 0 bridgehead atoms. The number of amides is 1. The first-order chi connectivity index (χ1) is 14.7. The third-order valence-electron chi connectivity index (χ3n) is 6.34. The fourth-order valence-electron chi connectivity index (χ4n) is 4.69. The van der Waals surface area contributed by atoms with Gasteiger partial charge in [0.1, 0.15) is 5.75 Å². The maximum Gasteiger partial charge on any atom is 0.236 e. The SMILES string of the molecule is COc1cccc(Cc2cccc([C@@H]3CCCN(CC(=O)N4CCCCC4)C3)n2)c1. The van der Waals surface area contributed by atoms with E-state index in [1.165, 1.54) is 12.0 Å². The van der Waals surface area contributed by atoms with Gasteiger partial charge in [-0.1, -0.05) is 18.2 Å². The monoisotopic (exact) mass is 407 g/mol. The van der Waals surface area contributed by atoms with Crippen molar-refractivity contribution in [3.05, 3.63) is 59.4 Å². The van der Waals surface area contributed by atoms with Gasteiger partial charge >= 0.3 is 0 Å². The highest BCUT2D eigenvalue weighted by molar-refractivity contribution is 5.78.